The van der Waals surface area contributed by atoms with Gasteiger partial charge in [-0.15, -0.1) is 11.8 Å². The van der Waals surface area contributed by atoms with Gasteiger partial charge in [0.15, 0.2) is 0 Å². The molecule has 17 heavy (non-hydrogen) atoms. The maximum Gasteiger partial charge on any atom is 0.307 e. The Balaban J connectivity index is 2.85. The van der Waals surface area contributed by atoms with Crippen molar-refractivity contribution in [1.82, 2.24) is 0 Å². The van der Waals surface area contributed by atoms with Crippen LogP contribution in [0.25, 0.3) is 0 Å². The lowest BCUT2D eigenvalue weighted by Crippen LogP contribution is -2.11. The van der Waals surface area contributed by atoms with Crippen LogP contribution in [-0.4, -0.2) is 21.8 Å². The number of carboxylic acid groups (broad SMARTS) is 1. The largest absolute Gasteiger partial charge is 0.481 e. The summed E-state index contributed by atoms with van der Waals surface area (Å²) >= 11 is 4.40. The molecule has 0 aliphatic carbocycles. The smallest absolute Gasteiger partial charge is 0.307 e. The van der Waals surface area contributed by atoms with Gasteiger partial charge in [-0.1, -0.05) is 22.9 Å². The van der Waals surface area contributed by atoms with E-state index in [0.29, 0.717) is 10.6 Å². The highest BCUT2D eigenvalue weighted by Gasteiger charge is 2.17. The number of rotatable bonds is 5. The number of halogens is 1. The molecule has 1 atom stereocenters. The molecule has 0 saturated carbocycles. The summed E-state index contributed by atoms with van der Waals surface area (Å²) in [5.41, 5.74) is -0.00390. The number of nitro groups is 1. The summed E-state index contributed by atoms with van der Waals surface area (Å²) in [6, 6.07) is 4.61. The summed E-state index contributed by atoms with van der Waals surface area (Å²) < 4.78 is 0.730. The van der Waals surface area contributed by atoms with E-state index in [1.54, 1.807) is 19.1 Å². The lowest BCUT2D eigenvalue weighted by molar-refractivity contribution is -0.387. The number of carbonyl (C=O) groups is 1. The Morgan fingerprint density at radius 2 is 2.29 bits per heavy atom. The van der Waals surface area contributed by atoms with Gasteiger partial charge in [0, 0.05) is 16.3 Å². The molecule has 0 heterocycles. The third-order valence-corrected chi connectivity index (χ3v) is 3.83. The molecular weight excluding hydrogens is 310 g/mol. The van der Waals surface area contributed by atoms with Crippen molar-refractivity contribution in [3.05, 3.63) is 32.8 Å². The van der Waals surface area contributed by atoms with Crippen LogP contribution >= 0.6 is 27.7 Å². The first kappa shape index (κ1) is 14.0. The maximum absolute atomic E-state index is 10.8. The predicted octanol–water partition coefficient (Wildman–Crippen LogP) is 3.17. The van der Waals surface area contributed by atoms with Crippen molar-refractivity contribution in [2.24, 2.45) is 5.92 Å². The van der Waals surface area contributed by atoms with Crippen LogP contribution in [0.3, 0.4) is 0 Å². The number of nitrogens with zero attached hydrogens (tertiary/aromatic N) is 1. The van der Waals surface area contributed by atoms with Crippen LogP contribution in [0.4, 0.5) is 5.69 Å². The maximum atomic E-state index is 10.8. The molecule has 1 aromatic carbocycles. The highest BCUT2D eigenvalue weighted by Crippen LogP contribution is 2.32. The van der Waals surface area contributed by atoms with Crippen molar-refractivity contribution in [1.29, 1.82) is 0 Å². The minimum absolute atomic E-state index is 0.00390. The van der Waals surface area contributed by atoms with E-state index in [4.69, 9.17) is 5.11 Å². The first-order chi connectivity index (χ1) is 7.91. The van der Waals surface area contributed by atoms with Crippen molar-refractivity contribution in [2.45, 2.75) is 11.8 Å². The second-order valence-corrected chi connectivity index (χ2v) is 5.40. The molecule has 1 rings (SSSR count). The predicted molar refractivity (Wildman–Crippen MR) is 68.3 cm³/mol. The molecule has 7 heteroatoms. The summed E-state index contributed by atoms with van der Waals surface area (Å²) in [4.78, 5) is 21.4. The normalized spacial score (nSPS) is 12.1. The van der Waals surface area contributed by atoms with E-state index >= 15 is 0 Å². The Morgan fingerprint density at radius 1 is 1.65 bits per heavy atom. The standard InChI is InChI=1S/C10H10BrNO4S/c1-6(10(13)14)5-17-9-4-7(11)2-3-8(9)12(15)16/h2-4,6H,5H2,1H3,(H,13,14). The van der Waals surface area contributed by atoms with E-state index in [9.17, 15) is 14.9 Å². The van der Waals surface area contributed by atoms with Gasteiger partial charge in [-0.3, -0.25) is 14.9 Å². The van der Waals surface area contributed by atoms with Crippen LogP contribution in [0.2, 0.25) is 0 Å². The van der Waals surface area contributed by atoms with E-state index in [2.05, 4.69) is 15.9 Å². The zero-order chi connectivity index (χ0) is 13.0. The second-order valence-electron chi connectivity index (χ2n) is 3.42. The van der Waals surface area contributed by atoms with Crippen molar-refractivity contribution in [3.63, 3.8) is 0 Å². The van der Waals surface area contributed by atoms with Crippen LogP contribution in [0.15, 0.2) is 27.6 Å². The van der Waals surface area contributed by atoms with Crippen molar-refractivity contribution in [2.75, 3.05) is 5.75 Å². The van der Waals surface area contributed by atoms with Gasteiger partial charge in [0.05, 0.1) is 15.7 Å². The zero-order valence-corrected chi connectivity index (χ0v) is 11.3. The zero-order valence-electron chi connectivity index (χ0n) is 8.92. The number of benzene rings is 1. The molecule has 0 saturated heterocycles. The first-order valence-corrected chi connectivity index (χ1v) is 6.49. The first-order valence-electron chi connectivity index (χ1n) is 4.71. The van der Waals surface area contributed by atoms with Crippen LogP contribution in [0.1, 0.15) is 6.92 Å². The van der Waals surface area contributed by atoms with Gasteiger partial charge < -0.3 is 5.11 Å². The van der Waals surface area contributed by atoms with Gasteiger partial charge >= 0.3 is 5.97 Å². The third kappa shape index (κ3) is 4.01. The van der Waals surface area contributed by atoms with Gasteiger partial charge in [-0.25, -0.2) is 0 Å². The lowest BCUT2D eigenvalue weighted by atomic mass is 10.2. The second kappa shape index (κ2) is 6.02. The van der Waals surface area contributed by atoms with Gasteiger partial charge in [-0.2, -0.15) is 0 Å². The van der Waals surface area contributed by atoms with E-state index < -0.39 is 16.8 Å². The van der Waals surface area contributed by atoms with Crippen molar-refractivity contribution >= 4 is 39.3 Å². The topological polar surface area (TPSA) is 80.4 Å². The fourth-order valence-electron chi connectivity index (χ4n) is 1.04. The van der Waals surface area contributed by atoms with Gasteiger partial charge in [0.25, 0.3) is 5.69 Å². The monoisotopic (exact) mass is 319 g/mol. The van der Waals surface area contributed by atoms with Gasteiger partial charge in [0.2, 0.25) is 0 Å². The Hall–Kier alpha value is -1.08. The summed E-state index contributed by atoms with van der Waals surface area (Å²) in [6.07, 6.45) is 0. The Kier molecular flexibility index (Phi) is 4.95. The molecule has 0 amide bonds. The molecule has 92 valence electrons. The molecule has 1 aromatic rings. The summed E-state index contributed by atoms with van der Waals surface area (Å²) in [5.74, 6) is -1.15. The molecular formula is C10H10BrNO4S. The number of aliphatic carboxylic acids is 1. The van der Waals surface area contributed by atoms with Gasteiger partial charge in [-0.05, 0) is 12.1 Å². The molecule has 1 N–H and O–H groups in total. The fraction of sp³-hybridized carbons (Fsp3) is 0.300. The number of carboxylic acids is 1. The summed E-state index contributed by atoms with van der Waals surface area (Å²) in [6.45, 7) is 1.57. The Bertz CT molecular complexity index is 452. The summed E-state index contributed by atoms with van der Waals surface area (Å²) in [5, 5.41) is 19.5. The highest BCUT2D eigenvalue weighted by molar-refractivity contribution is 9.10. The number of hydrogen-bond donors (Lipinski definition) is 1. The fourth-order valence-corrected chi connectivity index (χ4v) is 2.63. The van der Waals surface area contributed by atoms with Crippen molar-refractivity contribution < 1.29 is 14.8 Å². The number of hydrogen-bond acceptors (Lipinski definition) is 4. The van der Waals surface area contributed by atoms with Gasteiger partial charge in [0.1, 0.15) is 0 Å². The quantitative estimate of drug-likeness (QED) is 0.512. The van der Waals surface area contributed by atoms with E-state index in [1.165, 1.54) is 17.8 Å². The van der Waals surface area contributed by atoms with Crippen LogP contribution in [0, 0.1) is 16.0 Å². The molecule has 5 nitrogen and oxygen atoms in total. The average molecular weight is 320 g/mol. The molecule has 0 fully saturated rings. The minimum Gasteiger partial charge on any atom is -0.481 e. The Morgan fingerprint density at radius 3 is 2.82 bits per heavy atom. The molecule has 0 bridgehead atoms. The molecule has 0 aromatic heterocycles. The van der Waals surface area contributed by atoms with Crippen LogP contribution in [-0.2, 0) is 4.79 Å². The average Bonchev–Trinajstić information content (AvgIpc) is 2.25. The molecule has 0 spiro atoms. The van der Waals surface area contributed by atoms with Crippen LogP contribution in [0.5, 0.6) is 0 Å². The highest BCUT2D eigenvalue weighted by atomic mass is 79.9. The van der Waals surface area contributed by atoms with E-state index in [-0.39, 0.29) is 5.69 Å². The number of thioether (sulfide) groups is 1. The summed E-state index contributed by atoms with van der Waals surface area (Å²) in [7, 11) is 0. The third-order valence-electron chi connectivity index (χ3n) is 2.03. The van der Waals surface area contributed by atoms with Crippen LogP contribution < -0.4 is 0 Å². The van der Waals surface area contributed by atoms with E-state index in [0.717, 1.165) is 4.47 Å². The molecule has 0 aliphatic rings. The van der Waals surface area contributed by atoms with E-state index in [1.807, 2.05) is 0 Å². The van der Waals surface area contributed by atoms with Crippen molar-refractivity contribution in [3.8, 4) is 0 Å². The number of nitro benzene ring substituents is 1. The molecule has 0 aliphatic heterocycles. The molecule has 0 radical (unpaired) electrons. The minimum atomic E-state index is -0.907. The SMILES string of the molecule is CC(CSc1cc(Br)ccc1[N+](=O)[O-])C(=O)O. The Labute approximate surface area is 110 Å². The molecule has 1 unspecified atom stereocenters. The lowest BCUT2D eigenvalue weighted by Gasteiger charge is -2.06.